The summed E-state index contributed by atoms with van der Waals surface area (Å²) in [5, 5.41) is 0. The minimum atomic E-state index is -3.40. The highest BCUT2D eigenvalue weighted by molar-refractivity contribution is 7.90. The van der Waals surface area contributed by atoms with Crippen LogP contribution in [-0.4, -0.2) is 43.6 Å². The molecule has 2 aromatic carbocycles. The maximum absolute atomic E-state index is 12.7. The molecular weight excluding hydrogens is 444 g/mol. The van der Waals surface area contributed by atoms with Crippen LogP contribution in [0.3, 0.4) is 0 Å². The van der Waals surface area contributed by atoms with Crippen LogP contribution < -0.4 is 4.74 Å². The number of sulfone groups is 1. The van der Waals surface area contributed by atoms with E-state index in [1.165, 1.54) is 0 Å². The van der Waals surface area contributed by atoms with Gasteiger partial charge in [-0.2, -0.15) is 0 Å². The van der Waals surface area contributed by atoms with E-state index in [0.29, 0.717) is 37.1 Å². The summed E-state index contributed by atoms with van der Waals surface area (Å²) in [6, 6.07) is 14.9. The van der Waals surface area contributed by atoms with Gasteiger partial charge in [0, 0.05) is 25.9 Å². The van der Waals surface area contributed by atoms with Crippen molar-refractivity contribution in [1.82, 2.24) is 0 Å². The molecule has 6 nitrogen and oxygen atoms in total. The summed E-state index contributed by atoms with van der Waals surface area (Å²) < 4.78 is 48.8. The zero-order valence-electron chi connectivity index (χ0n) is 19.6. The lowest BCUT2D eigenvalue weighted by Crippen LogP contribution is -2.45. The molecule has 0 spiro atoms. The normalized spacial score (nSPS) is 12.1. The average molecular weight is 481 g/mol. The van der Waals surface area contributed by atoms with E-state index in [-0.39, 0.29) is 5.75 Å². The number of benzene rings is 2. The second kappa shape index (κ2) is 13.1. The van der Waals surface area contributed by atoms with Crippen molar-refractivity contribution >= 4 is 18.6 Å². The van der Waals surface area contributed by atoms with E-state index in [2.05, 4.69) is 0 Å². The average Bonchev–Trinajstić information content (AvgIpc) is 2.76. The van der Waals surface area contributed by atoms with Crippen LogP contribution in [-0.2, 0) is 28.9 Å². The smallest absolute Gasteiger partial charge is 0.494 e. The second-order valence-electron chi connectivity index (χ2n) is 7.50. The van der Waals surface area contributed by atoms with Crippen molar-refractivity contribution < 1.29 is 26.4 Å². The van der Waals surface area contributed by atoms with Crippen LogP contribution in [0.25, 0.3) is 0 Å². The summed E-state index contributed by atoms with van der Waals surface area (Å²) in [6.45, 7) is 10.1. The zero-order valence-corrected chi connectivity index (χ0v) is 21.4. The van der Waals surface area contributed by atoms with Gasteiger partial charge in [-0.05, 0) is 70.4 Å². The molecule has 0 unspecified atom stereocenters. The van der Waals surface area contributed by atoms with Crippen LogP contribution in [0.2, 0.25) is 6.04 Å². The second-order valence-corrected chi connectivity index (χ2v) is 12.2. The van der Waals surface area contributed by atoms with Crippen molar-refractivity contribution in [3.8, 4) is 5.75 Å². The quantitative estimate of drug-likeness (QED) is 0.258. The van der Waals surface area contributed by atoms with Crippen molar-refractivity contribution in [3.05, 3.63) is 59.7 Å². The van der Waals surface area contributed by atoms with E-state index < -0.39 is 18.6 Å². The van der Waals surface area contributed by atoms with Gasteiger partial charge >= 0.3 is 8.80 Å². The lowest BCUT2D eigenvalue weighted by molar-refractivity contribution is 0.0704. The van der Waals surface area contributed by atoms with Gasteiger partial charge in [0.2, 0.25) is 0 Å². The fraction of sp³-hybridized carbons (Fsp3) is 0.500. The standard InChI is InChI=1S/C24H36O6SSi/c1-5-28-32(29-6-2,30-7-3)19-9-8-18-27-23-14-16-24(17-15-23)31(25,26)20-22-12-10-21(4)11-13-22/h10-17H,5-9,18-20H2,1-4H3. The van der Waals surface area contributed by atoms with Gasteiger partial charge in [0.25, 0.3) is 0 Å². The number of rotatable bonds is 15. The van der Waals surface area contributed by atoms with Crippen LogP contribution in [0.1, 0.15) is 44.7 Å². The number of hydrogen-bond acceptors (Lipinski definition) is 6. The third kappa shape index (κ3) is 8.33. The van der Waals surface area contributed by atoms with Gasteiger partial charge in [-0.1, -0.05) is 29.8 Å². The Hall–Kier alpha value is -1.71. The first-order valence-electron chi connectivity index (χ1n) is 11.3. The van der Waals surface area contributed by atoms with Crippen LogP contribution >= 0.6 is 0 Å². The molecule has 0 radical (unpaired) electrons. The molecule has 0 bridgehead atoms. The van der Waals surface area contributed by atoms with Gasteiger partial charge in [-0.3, -0.25) is 0 Å². The largest absolute Gasteiger partial charge is 0.500 e. The molecule has 0 N–H and O–H groups in total. The molecule has 2 aromatic rings. The molecule has 2 rings (SSSR count). The predicted molar refractivity (Wildman–Crippen MR) is 129 cm³/mol. The van der Waals surface area contributed by atoms with Crippen molar-refractivity contribution in [3.63, 3.8) is 0 Å². The molecule has 0 heterocycles. The lowest BCUT2D eigenvalue weighted by atomic mass is 10.2. The van der Waals surface area contributed by atoms with Crippen LogP contribution in [0, 0.1) is 6.92 Å². The zero-order chi connectivity index (χ0) is 23.5. The SMILES string of the molecule is CCO[Si](CCCCOc1ccc(S(=O)(=O)Cc2ccc(C)cc2)cc1)(OCC)OCC. The molecule has 0 aromatic heterocycles. The van der Waals surface area contributed by atoms with Crippen molar-refractivity contribution in [2.45, 2.75) is 57.2 Å². The molecule has 178 valence electrons. The first-order chi connectivity index (χ1) is 15.3. The summed E-state index contributed by atoms with van der Waals surface area (Å²) >= 11 is 0. The number of unbranched alkanes of at least 4 members (excludes halogenated alkanes) is 1. The Morgan fingerprint density at radius 1 is 0.781 bits per heavy atom. The minimum absolute atomic E-state index is 0.0153. The van der Waals surface area contributed by atoms with Gasteiger partial charge < -0.3 is 18.0 Å². The maximum atomic E-state index is 12.7. The Kier molecular flexibility index (Phi) is 10.9. The van der Waals surface area contributed by atoms with Crippen LogP contribution in [0.4, 0.5) is 0 Å². The molecule has 0 amide bonds. The van der Waals surface area contributed by atoms with Crippen LogP contribution in [0.15, 0.2) is 53.4 Å². The molecule has 0 atom stereocenters. The molecule has 0 saturated carbocycles. The highest BCUT2D eigenvalue weighted by Crippen LogP contribution is 2.22. The van der Waals surface area contributed by atoms with Crippen LogP contribution in [0.5, 0.6) is 5.75 Å². The lowest BCUT2D eigenvalue weighted by Gasteiger charge is -2.28. The predicted octanol–water partition coefficient (Wildman–Crippen LogP) is 5.18. The molecule has 0 fully saturated rings. The minimum Gasteiger partial charge on any atom is -0.494 e. The molecule has 0 aliphatic rings. The van der Waals surface area contributed by atoms with E-state index in [4.69, 9.17) is 18.0 Å². The first kappa shape index (κ1) is 26.5. The van der Waals surface area contributed by atoms with Gasteiger partial charge in [-0.15, -0.1) is 0 Å². The monoisotopic (exact) mass is 480 g/mol. The molecule has 32 heavy (non-hydrogen) atoms. The summed E-state index contributed by atoms with van der Waals surface area (Å²) in [7, 11) is -6.01. The Morgan fingerprint density at radius 3 is 1.88 bits per heavy atom. The Balaban J connectivity index is 1.84. The van der Waals surface area contributed by atoms with E-state index in [1.807, 2.05) is 52.0 Å². The van der Waals surface area contributed by atoms with Gasteiger partial charge in [0.15, 0.2) is 9.84 Å². The fourth-order valence-electron chi connectivity index (χ4n) is 3.37. The Morgan fingerprint density at radius 2 is 1.34 bits per heavy atom. The summed E-state index contributed by atoms with van der Waals surface area (Å²) in [4.78, 5) is 0.298. The topological polar surface area (TPSA) is 71.1 Å². The molecule has 0 aliphatic carbocycles. The molecule has 0 saturated heterocycles. The number of hydrogen-bond donors (Lipinski definition) is 0. The molecule has 8 heteroatoms. The van der Waals surface area contributed by atoms with Crippen molar-refractivity contribution in [1.29, 1.82) is 0 Å². The van der Waals surface area contributed by atoms with E-state index >= 15 is 0 Å². The highest BCUT2D eigenvalue weighted by Gasteiger charge is 2.39. The van der Waals surface area contributed by atoms with E-state index in [0.717, 1.165) is 30.0 Å². The van der Waals surface area contributed by atoms with E-state index in [9.17, 15) is 8.42 Å². The third-order valence-corrected chi connectivity index (χ3v) is 9.75. The molecular formula is C24H36O6SSi. The number of ether oxygens (including phenoxy) is 1. The number of aryl methyl sites for hydroxylation is 1. The Bertz CT molecular complexity index is 880. The maximum Gasteiger partial charge on any atom is 0.500 e. The molecule has 0 aliphatic heterocycles. The van der Waals surface area contributed by atoms with Gasteiger partial charge in [-0.25, -0.2) is 8.42 Å². The summed E-state index contributed by atoms with van der Waals surface area (Å²) in [6.07, 6.45) is 1.70. The summed E-state index contributed by atoms with van der Waals surface area (Å²) in [5.41, 5.74) is 1.89. The van der Waals surface area contributed by atoms with Gasteiger partial charge in [0.05, 0.1) is 17.3 Å². The van der Waals surface area contributed by atoms with Gasteiger partial charge in [0.1, 0.15) is 5.75 Å². The first-order valence-corrected chi connectivity index (χ1v) is 14.9. The van der Waals surface area contributed by atoms with Crippen molar-refractivity contribution in [2.24, 2.45) is 0 Å². The third-order valence-electron chi connectivity index (χ3n) is 4.90. The highest BCUT2D eigenvalue weighted by atomic mass is 32.2. The summed E-state index contributed by atoms with van der Waals surface area (Å²) in [5.74, 6) is 0.640. The Labute approximate surface area is 194 Å². The van der Waals surface area contributed by atoms with E-state index in [1.54, 1.807) is 24.3 Å². The van der Waals surface area contributed by atoms with Crippen molar-refractivity contribution in [2.75, 3.05) is 26.4 Å². The fourth-order valence-corrected chi connectivity index (χ4v) is 7.40.